The van der Waals surface area contributed by atoms with Crippen LogP contribution in [-0.4, -0.2) is 28.7 Å². The SMILES string of the molecule is CCCCn1ccnc1N1CC(C)C(N)C1. The van der Waals surface area contributed by atoms with Gasteiger partial charge in [-0.3, -0.25) is 0 Å². The summed E-state index contributed by atoms with van der Waals surface area (Å²) in [6.45, 7) is 7.45. The number of hydrogen-bond donors (Lipinski definition) is 1. The topological polar surface area (TPSA) is 47.1 Å². The predicted octanol–water partition coefficient (Wildman–Crippen LogP) is 1.47. The lowest BCUT2D eigenvalue weighted by atomic mass is 10.1. The molecule has 16 heavy (non-hydrogen) atoms. The molecule has 0 spiro atoms. The second-order valence-electron chi connectivity index (χ2n) is 4.82. The summed E-state index contributed by atoms with van der Waals surface area (Å²) in [6.07, 6.45) is 6.38. The summed E-state index contributed by atoms with van der Waals surface area (Å²) in [6, 6.07) is 0.288. The van der Waals surface area contributed by atoms with Gasteiger partial charge in [-0.05, 0) is 12.3 Å². The summed E-state index contributed by atoms with van der Waals surface area (Å²) >= 11 is 0. The van der Waals surface area contributed by atoms with Crippen molar-refractivity contribution < 1.29 is 0 Å². The monoisotopic (exact) mass is 222 g/mol. The van der Waals surface area contributed by atoms with Crippen LogP contribution in [0.1, 0.15) is 26.7 Å². The highest BCUT2D eigenvalue weighted by Gasteiger charge is 2.28. The van der Waals surface area contributed by atoms with Gasteiger partial charge in [0.2, 0.25) is 5.95 Å². The maximum Gasteiger partial charge on any atom is 0.205 e. The van der Waals surface area contributed by atoms with Crippen molar-refractivity contribution in [2.45, 2.75) is 39.3 Å². The summed E-state index contributed by atoms with van der Waals surface area (Å²) in [7, 11) is 0. The van der Waals surface area contributed by atoms with E-state index in [0.29, 0.717) is 5.92 Å². The number of rotatable bonds is 4. The van der Waals surface area contributed by atoms with Gasteiger partial charge in [-0.1, -0.05) is 20.3 Å². The Morgan fingerprint density at radius 1 is 1.50 bits per heavy atom. The van der Waals surface area contributed by atoms with Crippen LogP contribution in [0.3, 0.4) is 0 Å². The van der Waals surface area contributed by atoms with Crippen molar-refractivity contribution in [3.63, 3.8) is 0 Å². The number of nitrogens with zero attached hydrogens (tertiary/aromatic N) is 3. The molecule has 1 aromatic rings. The largest absolute Gasteiger partial charge is 0.340 e. The number of aromatic nitrogens is 2. The highest BCUT2D eigenvalue weighted by Crippen LogP contribution is 2.21. The Hall–Kier alpha value is -1.03. The molecule has 0 aromatic carbocycles. The van der Waals surface area contributed by atoms with E-state index >= 15 is 0 Å². The molecule has 1 aliphatic heterocycles. The Labute approximate surface area is 97.4 Å². The van der Waals surface area contributed by atoms with E-state index in [2.05, 4.69) is 34.5 Å². The molecule has 1 saturated heterocycles. The molecule has 2 N–H and O–H groups in total. The van der Waals surface area contributed by atoms with Crippen molar-refractivity contribution in [3.05, 3.63) is 12.4 Å². The maximum atomic E-state index is 6.05. The first kappa shape index (κ1) is 11.5. The summed E-state index contributed by atoms with van der Waals surface area (Å²) in [5, 5.41) is 0. The van der Waals surface area contributed by atoms with Crippen molar-refractivity contribution in [1.82, 2.24) is 9.55 Å². The van der Waals surface area contributed by atoms with Crippen LogP contribution in [0.4, 0.5) is 5.95 Å². The third-order valence-electron chi connectivity index (χ3n) is 3.40. The van der Waals surface area contributed by atoms with Crippen LogP contribution in [0.15, 0.2) is 12.4 Å². The maximum absolute atomic E-state index is 6.05. The fraction of sp³-hybridized carbons (Fsp3) is 0.750. The third-order valence-corrected chi connectivity index (χ3v) is 3.40. The molecule has 4 heteroatoms. The van der Waals surface area contributed by atoms with Crippen molar-refractivity contribution in [1.29, 1.82) is 0 Å². The van der Waals surface area contributed by atoms with Gasteiger partial charge in [-0.2, -0.15) is 0 Å². The quantitative estimate of drug-likeness (QED) is 0.839. The molecule has 1 aliphatic rings. The highest BCUT2D eigenvalue weighted by atomic mass is 15.3. The summed E-state index contributed by atoms with van der Waals surface area (Å²) in [5.41, 5.74) is 6.05. The van der Waals surface area contributed by atoms with Crippen molar-refractivity contribution in [2.24, 2.45) is 11.7 Å². The van der Waals surface area contributed by atoms with Crippen LogP contribution >= 0.6 is 0 Å². The smallest absolute Gasteiger partial charge is 0.205 e. The molecular formula is C12H22N4. The number of anilines is 1. The van der Waals surface area contributed by atoms with Crippen LogP contribution in [0, 0.1) is 5.92 Å². The van der Waals surface area contributed by atoms with E-state index in [1.54, 1.807) is 0 Å². The van der Waals surface area contributed by atoms with Crippen molar-refractivity contribution >= 4 is 5.95 Å². The third kappa shape index (κ3) is 2.21. The molecule has 0 aliphatic carbocycles. The predicted molar refractivity (Wildman–Crippen MR) is 66.5 cm³/mol. The molecule has 0 saturated carbocycles. The second kappa shape index (κ2) is 4.87. The van der Waals surface area contributed by atoms with Gasteiger partial charge in [0.05, 0.1) is 0 Å². The summed E-state index contributed by atoms with van der Waals surface area (Å²) in [4.78, 5) is 6.76. The highest BCUT2D eigenvalue weighted by molar-refractivity contribution is 5.34. The first-order valence-corrected chi connectivity index (χ1v) is 6.24. The second-order valence-corrected chi connectivity index (χ2v) is 4.82. The van der Waals surface area contributed by atoms with Gasteiger partial charge in [-0.15, -0.1) is 0 Å². The molecular weight excluding hydrogens is 200 g/mol. The van der Waals surface area contributed by atoms with E-state index in [9.17, 15) is 0 Å². The zero-order valence-corrected chi connectivity index (χ0v) is 10.3. The first-order valence-electron chi connectivity index (χ1n) is 6.24. The van der Waals surface area contributed by atoms with Gasteiger partial charge in [0.15, 0.2) is 0 Å². The van der Waals surface area contributed by atoms with E-state index in [1.807, 2.05) is 6.20 Å². The normalized spacial score (nSPS) is 25.3. The van der Waals surface area contributed by atoms with E-state index in [1.165, 1.54) is 12.8 Å². The molecule has 4 nitrogen and oxygen atoms in total. The zero-order chi connectivity index (χ0) is 11.5. The van der Waals surface area contributed by atoms with E-state index in [-0.39, 0.29) is 6.04 Å². The molecule has 2 unspecified atom stereocenters. The average molecular weight is 222 g/mol. The number of nitrogens with two attached hydrogens (primary N) is 1. The van der Waals surface area contributed by atoms with Crippen LogP contribution in [0.25, 0.3) is 0 Å². The first-order chi connectivity index (χ1) is 7.72. The van der Waals surface area contributed by atoms with Crippen LogP contribution < -0.4 is 10.6 Å². The zero-order valence-electron chi connectivity index (χ0n) is 10.3. The lowest BCUT2D eigenvalue weighted by Gasteiger charge is -2.18. The minimum Gasteiger partial charge on any atom is -0.340 e. The molecule has 2 rings (SSSR count). The summed E-state index contributed by atoms with van der Waals surface area (Å²) in [5.74, 6) is 1.66. The average Bonchev–Trinajstić information content (AvgIpc) is 2.83. The fourth-order valence-corrected chi connectivity index (χ4v) is 2.24. The van der Waals surface area contributed by atoms with Crippen molar-refractivity contribution in [2.75, 3.05) is 18.0 Å². The Morgan fingerprint density at radius 2 is 2.31 bits per heavy atom. The van der Waals surface area contributed by atoms with Gasteiger partial charge in [-0.25, -0.2) is 4.98 Å². The van der Waals surface area contributed by atoms with E-state index in [0.717, 1.165) is 25.6 Å². The fourth-order valence-electron chi connectivity index (χ4n) is 2.24. The Balaban J connectivity index is 2.06. The molecule has 2 atom stereocenters. The number of hydrogen-bond acceptors (Lipinski definition) is 3. The lowest BCUT2D eigenvalue weighted by Crippen LogP contribution is -2.29. The Morgan fingerprint density at radius 3 is 2.94 bits per heavy atom. The van der Waals surface area contributed by atoms with E-state index < -0.39 is 0 Å². The number of unbranched alkanes of at least 4 members (excludes halogenated alkanes) is 1. The molecule has 0 amide bonds. The van der Waals surface area contributed by atoms with Gasteiger partial charge < -0.3 is 15.2 Å². The molecule has 1 fully saturated rings. The summed E-state index contributed by atoms with van der Waals surface area (Å²) < 4.78 is 2.24. The van der Waals surface area contributed by atoms with Crippen LogP contribution in [0.2, 0.25) is 0 Å². The van der Waals surface area contributed by atoms with Gasteiger partial charge in [0.25, 0.3) is 0 Å². The minimum atomic E-state index is 0.288. The van der Waals surface area contributed by atoms with Crippen LogP contribution in [0.5, 0.6) is 0 Å². The Bertz CT molecular complexity index is 324. The number of imidazole rings is 1. The molecule has 0 bridgehead atoms. The molecule has 90 valence electrons. The number of aryl methyl sites for hydroxylation is 1. The molecule has 2 heterocycles. The minimum absolute atomic E-state index is 0.288. The Kier molecular flexibility index (Phi) is 3.49. The van der Waals surface area contributed by atoms with Crippen molar-refractivity contribution in [3.8, 4) is 0 Å². The van der Waals surface area contributed by atoms with Gasteiger partial charge in [0.1, 0.15) is 0 Å². The van der Waals surface area contributed by atoms with Gasteiger partial charge in [0, 0.05) is 38.1 Å². The van der Waals surface area contributed by atoms with E-state index in [4.69, 9.17) is 5.73 Å². The lowest BCUT2D eigenvalue weighted by molar-refractivity contribution is 0.565. The molecule has 1 aromatic heterocycles. The van der Waals surface area contributed by atoms with Crippen LogP contribution in [-0.2, 0) is 6.54 Å². The standard InChI is InChI=1S/C12H22N4/c1-3-4-6-15-7-5-14-12(15)16-8-10(2)11(13)9-16/h5,7,10-11H,3-4,6,8-9,13H2,1-2H3. The molecule has 0 radical (unpaired) electrons. The van der Waals surface area contributed by atoms with Gasteiger partial charge >= 0.3 is 0 Å².